The van der Waals surface area contributed by atoms with E-state index in [1.165, 1.54) is 6.07 Å². The highest BCUT2D eigenvalue weighted by atomic mass is 35.5. The van der Waals surface area contributed by atoms with Crippen LogP contribution in [-0.2, 0) is 24.3 Å². The number of nitrogens with zero attached hydrogens (tertiary/aromatic N) is 1. The Morgan fingerprint density at radius 3 is 2.62 bits per heavy atom. The zero-order valence-corrected chi connectivity index (χ0v) is 20.9. The van der Waals surface area contributed by atoms with Crippen molar-refractivity contribution in [1.82, 2.24) is 14.9 Å². The Morgan fingerprint density at radius 1 is 1.15 bits per heavy atom. The van der Waals surface area contributed by atoms with Gasteiger partial charge in [-0.25, -0.2) is 8.42 Å². The van der Waals surface area contributed by atoms with Crippen molar-refractivity contribution in [2.75, 3.05) is 13.1 Å². The monoisotopic (exact) mass is 507 g/mol. The molecule has 1 amide bonds. The number of benzene rings is 2. The van der Waals surface area contributed by atoms with E-state index in [-0.39, 0.29) is 28.9 Å². The summed E-state index contributed by atoms with van der Waals surface area (Å²) in [5.41, 5.74) is 0. The molecule has 2 N–H and O–H groups in total. The quantitative estimate of drug-likeness (QED) is 0.558. The van der Waals surface area contributed by atoms with Crippen molar-refractivity contribution in [3.63, 3.8) is 0 Å². The van der Waals surface area contributed by atoms with Gasteiger partial charge in [-0.15, -0.1) is 0 Å². The van der Waals surface area contributed by atoms with Gasteiger partial charge in [0.25, 0.3) is 0 Å². The first-order valence-electron chi connectivity index (χ1n) is 11.6. The summed E-state index contributed by atoms with van der Waals surface area (Å²) in [6, 6.07) is 8.43. The molecule has 2 aliphatic heterocycles. The number of ether oxygens (including phenoxy) is 1. The summed E-state index contributed by atoms with van der Waals surface area (Å²) in [5.74, 6) is -0.622. The summed E-state index contributed by atoms with van der Waals surface area (Å²) in [4.78, 5) is 27.1. The van der Waals surface area contributed by atoms with E-state index in [2.05, 4.69) is 10.0 Å². The van der Waals surface area contributed by atoms with E-state index in [9.17, 15) is 18.0 Å². The molecular weight excluding hydrogens is 478 g/mol. The predicted octanol–water partition coefficient (Wildman–Crippen LogP) is 2.83. The van der Waals surface area contributed by atoms with Crippen molar-refractivity contribution in [2.24, 2.45) is 0 Å². The summed E-state index contributed by atoms with van der Waals surface area (Å²) >= 11 is 6.00. The molecule has 4 rings (SSSR count). The normalized spacial score (nSPS) is 23.1. The third-order valence-corrected chi connectivity index (χ3v) is 8.39. The Kier molecular flexibility index (Phi) is 7.47. The smallest absolute Gasteiger partial charge is 0.323 e. The number of likely N-dealkylation sites (tertiary alicyclic amines) is 1. The van der Waals surface area contributed by atoms with Crippen molar-refractivity contribution in [3.05, 3.63) is 41.4 Å². The fourth-order valence-electron chi connectivity index (χ4n) is 4.50. The van der Waals surface area contributed by atoms with E-state index in [0.29, 0.717) is 18.0 Å². The molecule has 2 unspecified atom stereocenters. The van der Waals surface area contributed by atoms with Gasteiger partial charge in [0, 0.05) is 11.6 Å². The van der Waals surface area contributed by atoms with Crippen LogP contribution in [0.1, 0.15) is 39.5 Å². The highest BCUT2D eigenvalue weighted by Gasteiger charge is 2.39. The Morgan fingerprint density at radius 2 is 1.88 bits per heavy atom. The number of hydrogen-bond donors (Lipinski definition) is 2. The van der Waals surface area contributed by atoms with E-state index in [1.807, 2.05) is 6.92 Å². The summed E-state index contributed by atoms with van der Waals surface area (Å²) < 4.78 is 34.2. The number of amides is 1. The van der Waals surface area contributed by atoms with E-state index >= 15 is 0 Å². The molecule has 4 atom stereocenters. The lowest BCUT2D eigenvalue weighted by Gasteiger charge is -2.31. The zero-order valence-electron chi connectivity index (χ0n) is 19.3. The number of halogens is 1. The second kappa shape index (κ2) is 10.2. The van der Waals surface area contributed by atoms with Crippen molar-refractivity contribution >= 4 is 44.3 Å². The molecule has 2 aromatic carbocycles. The second-order valence-corrected chi connectivity index (χ2v) is 11.2. The molecule has 2 aliphatic rings. The van der Waals surface area contributed by atoms with Crippen LogP contribution in [0.3, 0.4) is 0 Å². The van der Waals surface area contributed by atoms with E-state index in [1.54, 1.807) is 42.2 Å². The number of rotatable bonds is 7. The molecule has 0 saturated carbocycles. The van der Waals surface area contributed by atoms with Crippen molar-refractivity contribution in [1.29, 1.82) is 0 Å². The Labute approximate surface area is 205 Å². The van der Waals surface area contributed by atoms with Crippen molar-refractivity contribution < 1.29 is 22.7 Å². The van der Waals surface area contributed by atoms with Gasteiger partial charge in [0.05, 0.1) is 10.9 Å². The molecule has 0 spiro atoms. The van der Waals surface area contributed by atoms with Gasteiger partial charge in [-0.05, 0) is 74.7 Å². The number of hydrogen-bond acceptors (Lipinski definition) is 6. The molecule has 0 aromatic heterocycles. The Hall–Kier alpha value is -2.20. The molecular formula is C24H30ClN3O5S. The van der Waals surface area contributed by atoms with Gasteiger partial charge in [0.1, 0.15) is 18.2 Å². The third kappa shape index (κ3) is 5.38. The molecule has 0 bridgehead atoms. The lowest BCUT2D eigenvalue weighted by atomic mass is 10.1. The van der Waals surface area contributed by atoms with Crippen LogP contribution < -0.4 is 10.0 Å². The SMILES string of the molecule is CC(OC(=O)C1CCCCN1)[C@H](C)N1CC[C@H](NS(=O)(=O)c2ccc3cc(Cl)ccc3c2)C1=O. The second-order valence-electron chi connectivity index (χ2n) is 9.03. The molecule has 0 radical (unpaired) electrons. The lowest BCUT2D eigenvalue weighted by Crippen LogP contribution is -2.49. The number of fused-ring (bicyclic) bond motifs is 1. The van der Waals surface area contributed by atoms with E-state index in [4.69, 9.17) is 16.3 Å². The predicted molar refractivity (Wildman–Crippen MR) is 130 cm³/mol. The molecule has 2 heterocycles. The molecule has 2 fully saturated rings. The van der Waals surface area contributed by atoms with Crippen LogP contribution in [0.5, 0.6) is 0 Å². The molecule has 8 nitrogen and oxygen atoms in total. The first-order chi connectivity index (χ1) is 16.2. The topological polar surface area (TPSA) is 105 Å². The van der Waals surface area contributed by atoms with Crippen LogP contribution in [0.15, 0.2) is 41.3 Å². The van der Waals surface area contributed by atoms with Crippen molar-refractivity contribution in [3.8, 4) is 0 Å². The fraction of sp³-hybridized carbons (Fsp3) is 0.500. The van der Waals surface area contributed by atoms with Crippen LogP contribution in [0.2, 0.25) is 5.02 Å². The largest absolute Gasteiger partial charge is 0.459 e. The molecule has 0 aliphatic carbocycles. The minimum Gasteiger partial charge on any atom is -0.459 e. The maximum Gasteiger partial charge on any atom is 0.323 e. The number of carbonyl (C=O) groups excluding carboxylic acids is 2. The van der Waals surface area contributed by atoms with Gasteiger partial charge >= 0.3 is 5.97 Å². The van der Waals surface area contributed by atoms with Crippen LogP contribution in [-0.4, -0.2) is 62.5 Å². The van der Waals surface area contributed by atoms with Gasteiger partial charge in [0.15, 0.2) is 0 Å². The number of nitrogens with one attached hydrogen (secondary N) is 2. The molecule has 34 heavy (non-hydrogen) atoms. The average molecular weight is 508 g/mol. The third-order valence-electron chi connectivity index (χ3n) is 6.69. The van der Waals surface area contributed by atoms with Gasteiger partial charge < -0.3 is 15.0 Å². The Balaban J connectivity index is 1.39. The minimum atomic E-state index is -3.91. The molecule has 10 heteroatoms. The molecule has 2 aromatic rings. The fourth-order valence-corrected chi connectivity index (χ4v) is 5.94. The summed E-state index contributed by atoms with van der Waals surface area (Å²) in [5, 5.41) is 5.30. The lowest BCUT2D eigenvalue weighted by molar-refractivity contribution is -0.156. The van der Waals surface area contributed by atoms with Gasteiger partial charge in [-0.2, -0.15) is 4.72 Å². The maximum atomic E-state index is 13.0. The summed E-state index contributed by atoms with van der Waals surface area (Å²) in [7, 11) is -3.91. The first kappa shape index (κ1) is 24.9. The van der Waals surface area contributed by atoms with E-state index < -0.39 is 22.2 Å². The standard InChI is InChI=1S/C24H30ClN3O5S/c1-15(16(2)33-24(30)22-5-3-4-11-26-22)28-12-10-21(23(28)29)27-34(31,32)20-9-7-17-13-19(25)8-6-18(17)14-20/h6-9,13-16,21-22,26-27H,3-5,10-12H2,1-2H3/t15-,16?,21-,22?/m0/s1. The summed E-state index contributed by atoms with van der Waals surface area (Å²) in [6.45, 7) is 4.75. The number of esters is 1. The average Bonchev–Trinajstić information content (AvgIpc) is 3.17. The van der Waals surface area contributed by atoms with Crippen LogP contribution >= 0.6 is 11.6 Å². The van der Waals surface area contributed by atoms with Crippen LogP contribution in [0, 0.1) is 0 Å². The van der Waals surface area contributed by atoms with E-state index in [0.717, 1.165) is 36.6 Å². The highest BCUT2D eigenvalue weighted by Crippen LogP contribution is 2.24. The first-order valence-corrected chi connectivity index (χ1v) is 13.5. The van der Waals surface area contributed by atoms with Gasteiger partial charge in [-0.3, -0.25) is 9.59 Å². The Bertz CT molecular complexity index is 1180. The van der Waals surface area contributed by atoms with Crippen LogP contribution in [0.4, 0.5) is 0 Å². The number of carbonyl (C=O) groups is 2. The minimum absolute atomic E-state index is 0.0869. The van der Waals surface area contributed by atoms with Crippen molar-refractivity contribution in [2.45, 2.75) is 68.7 Å². The number of piperidine rings is 1. The molecule has 2 saturated heterocycles. The zero-order chi connectivity index (χ0) is 24.5. The van der Waals surface area contributed by atoms with Crippen LogP contribution in [0.25, 0.3) is 10.8 Å². The highest BCUT2D eigenvalue weighted by molar-refractivity contribution is 7.89. The van der Waals surface area contributed by atoms with Gasteiger partial charge in [0.2, 0.25) is 15.9 Å². The van der Waals surface area contributed by atoms with Gasteiger partial charge in [-0.1, -0.05) is 30.2 Å². The molecule has 184 valence electrons. The number of sulfonamides is 1. The summed E-state index contributed by atoms with van der Waals surface area (Å²) in [6.07, 6.45) is 2.60. The maximum absolute atomic E-state index is 13.0.